The largest absolute Gasteiger partial charge is 0.475 e. The highest BCUT2D eigenvalue weighted by atomic mass is 31.2. The lowest BCUT2D eigenvalue weighted by atomic mass is 10.2. The van der Waals surface area contributed by atoms with E-state index in [9.17, 15) is 4.57 Å². The molecule has 0 radical (unpaired) electrons. The molecular weight excluding hydrogens is 299 g/mol. The minimum absolute atomic E-state index is 0.103. The maximum absolute atomic E-state index is 11.7. The summed E-state index contributed by atoms with van der Waals surface area (Å²) in [6, 6.07) is 10.0. The zero-order valence-corrected chi connectivity index (χ0v) is 13.6. The molecule has 0 fully saturated rings. The Morgan fingerprint density at radius 3 is 1.50 bits per heavy atom. The van der Waals surface area contributed by atoms with Crippen LogP contribution in [0.1, 0.15) is 5.56 Å². The quantitative estimate of drug-likeness (QED) is 0.447. The maximum atomic E-state index is 11.7. The Labute approximate surface area is 133 Å². The van der Waals surface area contributed by atoms with Crippen molar-refractivity contribution < 1.29 is 18.1 Å². The molecule has 0 bridgehead atoms. The van der Waals surface area contributed by atoms with E-state index in [1.165, 1.54) is 23.8 Å². The third-order valence-corrected chi connectivity index (χ3v) is 3.48. The molecule has 0 aliphatic rings. The molecule has 0 heterocycles. The summed E-state index contributed by atoms with van der Waals surface area (Å²) in [7, 11) is -3.48. The van der Waals surface area contributed by atoms with E-state index < -0.39 is 7.82 Å². The van der Waals surface area contributed by atoms with Gasteiger partial charge in [-0.15, -0.1) is 19.7 Å². The first kappa shape index (κ1) is 20.3. The fraction of sp³-hybridized carbons (Fsp3) is 0.176. The van der Waals surface area contributed by atoms with Gasteiger partial charge in [0.15, 0.2) is 0 Å². The van der Waals surface area contributed by atoms with E-state index in [1.807, 2.05) is 36.4 Å². The second-order valence-electron chi connectivity index (χ2n) is 3.82. The third-order valence-electron chi connectivity index (χ3n) is 2.09. The van der Waals surface area contributed by atoms with Gasteiger partial charge in [0.25, 0.3) is 0 Å². The average Bonchev–Trinajstić information content (AvgIpc) is 2.58. The molecule has 0 spiro atoms. The summed E-state index contributed by atoms with van der Waals surface area (Å²) in [4.78, 5) is 0. The second kappa shape index (κ2) is 13.0. The van der Waals surface area contributed by atoms with Gasteiger partial charge in [0.05, 0.1) is 19.8 Å². The number of hydrogen-bond acceptors (Lipinski definition) is 4. The first-order chi connectivity index (χ1) is 10.6. The summed E-state index contributed by atoms with van der Waals surface area (Å²) >= 11 is 0. The van der Waals surface area contributed by atoms with Crippen molar-refractivity contribution in [2.24, 2.45) is 0 Å². The lowest BCUT2D eigenvalue weighted by molar-refractivity contribution is 0.141. The van der Waals surface area contributed by atoms with Crippen LogP contribution in [0.3, 0.4) is 0 Å². The van der Waals surface area contributed by atoms with Crippen LogP contribution in [0.2, 0.25) is 0 Å². The molecule has 4 nitrogen and oxygen atoms in total. The molecule has 1 rings (SSSR count). The molecule has 0 saturated heterocycles. The molecule has 0 aromatic heterocycles. The minimum atomic E-state index is -3.48. The number of rotatable bonds is 10. The van der Waals surface area contributed by atoms with E-state index in [-0.39, 0.29) is 19.8 Å². The van der Waals surface area contributed by atoms with Crippen LogP contribution in [0.5, 0.6) is 0 Å². The summed E-state index contributed by atoms with van der Waals surface area (Å²) < 4.78 is 26.3. The Hall–Kier alpha value is -1.71. The highest BCUT2D eigenvalue weighted by Gasteiger charge is 2.24. The van der Waals surface area contributed by atoms with E-state index in [2.05, 4.69) is 26.3 Å². The van der Waals surface area contributed by atoms with Gasteiger partial charge < -0.3 is 0 Å². The predicted molar refractivity (Wildman–Crippen MR) is 92.6 cm³/mol. The maximum Gasteiger partial charge on any atom is 0.475 e. The van der Waals surface area contributed by atoms with Crippen LogP contribution in [0.25, 0.3) is 6.08 Å². The van der Waals surface area contributed by atoms with Crippen LogP contribution in [0.15, 0.2) is 74.9 Å². The van der Waals surface area contributed by atoms with Crippen molar-refractivity contribution in [1.29, 1.82) is 0 Å². The molecule has 120 valence electrons. The Bertz CT molecular complexity index is 459. The highest BCUT2D eigenvalue weighted by Crippen LogP contribution is 2.49. The van der Waals surface area contributed by atoms with Crippen LogP contribution in [0, 0.1) is 0 Å². The normalized spacial score (nSPS) is 10.0. The number of hydrogen-bond donors (Lipinski definition) is 0. The molecule has 0 unspecified atom stereocenters. The molecule has 0 saturated carbocycles. The molecule has 0 aliphatic heterocycles. The minimum Gasteiger partial charge on any atom is -0.283 e. The summed E-state index contributed by atoms with van der Waals surface area (Å²) in [5.74, 6) is 0. The lowest BCUT2D eigenvalue weighted by Crippen LogP contribution is -2.00. The summed E-state index contributed by atoms with van der Waals surface area (Å²) in [5, 5.41) is 0. The summed E-state index contributed by atoms with van der Waals surface area (Å²) in [6.07, 6.45) is 6.21. The second-order valence-corrected chi connectivity index (χ2v) is 5.48. The third kappa shape index (κ3) is 10.1. The molecular formula is C17H23O4P. The zero-order valence-electron chi connectivity index (χ0n) is 12.7. The smallest absolute Gasteiger partial charge is 0.283 e. The van der Waals surface area contributed by atoms with Crippen molar-refractivity contribution in [3.8, 4) is 0 Å². The Kier molecular flexibility index (Phi) is 12.0. The van der Waals surface area contributed by atoms with Crippen LogP contribution in [-0.2, 0) is 18.1 Å². The van der Waals surface area contributed by atoms with E-state index in [1.54, 1.807) is 0 Å². The Balaban J connectivity index is 0.000000461. The van der Waals surface area contributed by atoms with Gasteiger partial charge in [-0.05, 0) is 5.56 Å². The van der Waals surface area contributed by atoms with Crippen LogP contribution < -0.4 is 0 Å². The monoisotopic (exact) mass is 322 g/mol. The number of phosphoric ester groups is 1. The summed E-state index contributed by atoms with van der Waals surface area (Å²) in [5.41, 5.74) is 1.17. The molecule has 1 aromatic rings. The molecule has 0 aliphatic carbocycles. The van der Waals surface area contributed by atoms with Gasteiger partial charge in [0, 0.05) is 0 Å². The van der Waals surface area contributed by atoms with Crippen molar-refractivity contribution >= 4 is 13.9 Å². The Morgan fingerprint density at radius 1 is 0.818 bits per heavy atom. The van der Waals surface area contributed by atoms with E-state index in [0.717, 1.165) is 0 Å². The number of benzene rings is 1. The van der Waals surface area contributed by atoms with Crippen molar-refractivity contribution in [1.82, 2.24) is 0 Å². The van der Waals surface area contributed by atoms with Gasteiger partial charge in [-0.1, -0.05) is 61.2 Å². The first-order valence-corrected chi connectivity index (χ1v) is 8.11. The van der Waals surface area contributed by atoms with E-state index >= 15 is 0 Å². The van der Waals surface area contributed by atoms with E-state index in [0.29, 0.717) is 0 Å². The topological polar surface area (TPSA) is 44.8 Å². The van der Waals surface area contributed by atoms with Gasteiger partial charge in [-0.3, -0.25) is 13.6 Å². The predicted octanol–water partition coefficient (Wildman–Crippen LogP) is 5.03. The van der Waals surface area contributed by atoms with Gasteiger partial charge in [0.2, 0.25) is 0 Å². The van der Waals surface area contributed by atoms with Gasteiger partial charge >= 0.3 is 7.82 Å². The molecule has 5 heteroatoms. The fourth-order valence-corrected chi connectivity index (χ4v) is 2.22. The van der Waals surface area contributed by atoms with Crippen molar-refractivity contribution in [2.45, 2.75) is 0 Å². The van der Waals surface area contributed by atoms with Crippen LogP contribution in [-0.4, -0.2) is 19.8 Å². The average molecular weight is 322 g/mol. The van der Waals surface area contributed by atoms with Crippen molar-refractivity contribution in [3.05, 3.63) is 80.4 Å². The van der Waals surface area contributed by atoms with E-state index in [4.69, 9.17) is 13.6 Å². The standard InChI is InChI=1S/C9H15O4P.C8H8/c1-4-7-11-14(10,12-8-5-2)13-9-6-3;1-2-8-6-4-3-5-7-8/h4-6H,1-3,7-9H2;2-7H,1H2. The molecule has 22 heavy (non-hydrogen) atoms. The van der Waals surface area contributed by atoms with Crippen LogP contribution >= 0.6 is 7.82 Å². The van der Waals surface area contributed by atoms with Gasteiger partial charge in [-0.25, -0.2) is 4.57 Å². The molecule has 0 amide bonds. The highest BCUT2D eigenvalue weighted by molar-refractivity contribution is 7.48. The lowest BCUT2D eigenvalue weighted by Gasteiger charge is -2.15. The van der Waals surface area contributed by atoms with Gasteiger partial charge in [0.1, 0.15) is 0 Å². The molecule has 1 aromatic carbocycles. The SMILES string of the molecule is C=CCOP(=O)(OCC=C)OCC=C.C=Cc1ccccc1. The molecule has 0 atom stereocenters. The van der Waals surface area contributed by atoms with Gasteiger partial charge in [-0.2, -0.15) is 0 Å². The Morgan fingerprint density at radius 2 is 1.23 bits per heavy atom. The van der Waals surface area contributed by atoms with Crippen LogP contribution in [0.4, 0.5) is 0 Å². The zero-order chi connectivity index (χ0) is 16.7. The fourth-order valence-electron chi connectivity index (χ4n) is 1.13. The molecule has 0 N–H and O–H groups in total. The number of phosphoric acid groups is 1. The summed E-state index contributed by atoms with van der Waals surface area (Å²) in [6.45, 7) is 14.2. The first-order valence-electron chi connectivity index (χ1n) is 6.65. The van der Waals surface area contributed by atoms with Crippen molar-refractivity contribution in [2.75, 3.05) is 19.8 Å². The van der Waals surface area contributed by atoms with Crippen molar-refractivity contribution in [3.63, 3.8) is 0 Å².